The first-order valence-corrected chi connectivity index (χ1v) is 5.63. The van der Waals surface area contributed by atoms with Gasteiger partial charge in [0.2, 0.25) is 0 Å². The van der Waals surface area contributed by atoms with Gasteiger partial charge in [0, 0.05) is 24.0 Å². The second-order valence-electron chi connectivity index (χ2n) is 4.18. The summed E-state index contributed by atoms with van der Waals surface area (Å²) in [7, 11) is 0. The van der Waals surface area contributed by atoms with Crippen LogP contribution in [0.4, 0.5) is 13.2 Å². The fourth-order valence-electron chi connectivity index (χ4n) is 1.89. The highest BCUT2D eigenvalue weighted by Gasteiger charge is 2.28. The minimum absolute atomic E-state index is 0.148. The predicted octanol–water partition coefficient (Wildman–Crippen LogP) is 3.58. The Kier molecular flexibility index (Phi) is 3.52. The molecule has 2 aromatic rings. The normalized spacial score (nSPS) is 13.8. The van der Waals surface area contributed by atoms with Crippen molar-refractivity contribution in [2.24, 2.45) is 5.73 Å². The van der Waals surface area contributed by atoms with Gasteiger partial charge in [-0.2, -0.15) is 13.2 Å². The number of benzene rings is 1. The maximum atomic E-state index is 12.2. The highest BCUT2D eigenvalue weighted by atomic mass is 19.4. The summed E-state index contributed by atoms with van der Waals surface area (Å²) in [5.74, 6) is 0. The molecule has 96 valence electrons. The molecule has 0 radical (unpaired) electrons. The summed E-state index contributed by atoms with van der Waals surface area (Å²) in [6.07, 6.45) is -3.64. The molecule has 0 saturated heterocycles. The first-order valence-electron chi connectivity index (χ1n) is 5.63. The average Bonchev–Trinajstić information content (AvgIpc) is 2.34. The van der Waals surface area contributed by atoms with E-state index in [2.05, 4.69) is 4.98 Å². The van der Waals surface area contributed by atoms with Crippen LogP contribution < -0.4 is 5.73 Å². The molecule has 0 bridgehead atoms. The number of pyridine rings is 1. The van der Waals surface area contributed by atoms with E-state index in [0.29, 0.717) is 5.69 Å². The molecule has 2 nitrogen and oxygen atoms in total. The van der Waals surface area contributed by atoms with Crippen molar-refractivity contribution in [1.82, 2.24) is 4.98 Å². The quantitative estimate of drug-likeness (QED) is 0.909. The van der Waals surface area contributed by atoms with Gasteiger partial charge in [-0.15, -0.1) is 0 Å². The third-order valence-corrected chi connectivity index (χ3v) is 2.79. The first-order chi connectivity index (χ1) is 8.47. The molecule has 0 spiro atoms. The van der Waals surface area contributed by atoms with E-state index >= 15 is 0 Å². The van der Waals surface area contributed by atoms with E-state index in [-0.39, 0.29) is 6.42 Å². The number of hydrogen-bond donors (Lipinski definition) is 1. The SMILES string of the molecule is NC(CCC(F)(F)F)c1nccc2ccccc12. The molecule has 2 N–H and O–H groups in total. The fraction of sp³-hybridized carbons (Fsp3) is 0.308. The molecule has 0 aliphatic heterocycles. The molecular formula is C13H13F3N2. The van der Waals surface area contributed by atoms with Gasteiger partial charge >= 0.3 is 6.18 Å². The van der Waals surface area contributed by atoms with Crippen molar-refractivity contribution >= 4 is 10.8 Å². The van der Waals surface area contributed by atoms with Crippen molar-refractivity contribution in [2.45, 2.75) is 25.1 Å². The van der Waals surface area contributed by atoms with Crippen molar-refractivity contribution in [1.29, 1.82) is 0 Å². The Labute approximate surface area is 103 Å². The lowest BCUT2D eigenvalue weighted by Crippen LogP contribution is -2.17. The van der Waals surface area contributed by atoms with Crippen LogP contribution in [0.3, 0.4) is 0 Å². The number of nitrogens with zero attached hydrogens (tertiary/aromatic N) is 1. The minimum atomic E-state index is -4.18. The largest absolute Gasteiger partial charge is 0.389 e. The van der Waals surface area contributed by atoms with Crippen LogP contribution in [0.1, 0.15) is 24.6 Å². The number of aromatic nitrogens is 1. The smallest absolute Gasteiger partial charge is 0.323 e. The van der Waals surface area contributed by atoms with Gasteiger partial charge < -0.3 is 5.73 Å². The highest BCUT2D eigenvalue weighted by Crippen LogP contribution is 2.28. The Balaban J connectivity index is 2.25. The summed E-state index contributed by atoms with van der Waals surface area (Å²) in [4.78, 5) is 4.12. The van der Waals surface area contributed by atoms with Gasteiger partial charge in [-0.25, -0.2) is 0 Å². The molecule has 0 saturated carbocycles. The average molecular weight is 254 g/mol. The summed E-state index contributed by atoms with van der Waals surface area (Å²) in [5.41, 5.74) is 6.33. The third-order valence-electron chi connectivity index (χ3n) is 2.79. The van der Waals surface area contributed by atoms with Gasteiger partial charge in [0.15, 0.2) is 0 Å². The summed E-state index contributed by atoms with van der Waals surface area (Å²) in [6.45, 7) is 0. The Morgan fingerprint density at radius 1 is 1.17 bits per heavy atom. The molecule has 1 heterocycles. The van der Waals surface area contributed by atoms with Crippen molar-refractivity contribution < 1.29 is 13.2 Å². The van der Waals surface area contributed by atoms with Crippen LogP contribution in [-0.4, -0.2) is 11.2 Å². The number of fused-ring (bicyclic) bond motifs is 1. The molecule has 1 unspecified atom stereocenters. The second kappa shape index (κ2) is 4.94. The maximum Gasteiger partial charge on any atom is 0.389 e. The van der Waals surface area contributed by atoms with Gasteiger partial charge in [-0.3, -0.25) is 4.98 Å². The first kappa shape index (κ1) is 12.8. The van der Waals surface area contributed by atoms with Gasteiger partial charge in [-0.1, -0.05) is 24.3 Å². The van der Waals surface area contributed by atoms with E-state index in [4.69, 9.17) is 5.73 Å². The monoisotopic (exact) mass is 254 g/mol. The van der Waals surface area contributed by atoms with Gasteiger partial charge in [-0.05, 0) is 17.9 Å². The van der Waals surface area contributed by atoms with Crippen LogP contribution in [0.25, 0.3) is 10.8 Å². The van der Waals surface area contributed by atoms with Crippen LogP contribution in [0.5, 0.6) is 0 Å². The molecule has 1 aromatic carbocycles. The highest BCUT2D eigenvalue weighted by molar-refractivity contribution is 5.84. The zero-order valence-electron chi connectivity index (χ0n) is 9.61. The second-order valence-corrected chi connectivity index (χ2v) is 4.18. The van der Waals surface area contributed by atoms with E-state index in [0.717, 1.165) is 10.8 Å². The number of alkyl halides is 3. The van der Waals surface area contributed by atoms with E-state index in [1.165, 1.54) is 0 Å². The number of hydrogen-bond acceptors (Lipinski definition) is 2. The van der Waals surface area contributed by atoms with Crippen LogP contribution in [0.15, 0.2) is 36.5 Å². The number of nitrogens with two attached hydrogens (primary N) is 1. The van der Waals surface area contributed by atoms with Crippen LogP contribution in [0.2, 0.25) is 0 Å². The lowest BCUT2D eigenvalue weighted by atomic mass is 10.0. The minimum Gasteiger partial charge on any atom is -0.323 e. The molecule has 1 aromatic heterocycles. The van der Waals surface area contributed by atoms with Gasteiger partial charge in [0.05, 0.1) is 5.69 Å². The van der Waals surface area contributed by atoms with Crippen molar-refractivity contribution in [3.8, 4) is 0 Å². The van der Waals surface area contributed by atoms with Crippen LogP contribution in [-0.2, 0) is 0 Å². The van der Waals surface area contributed by atoms with E-state index in [9.17, 15) is 13.2 Å². The number of halogens is 3. The zero-order valence-corrected chi connectivity index (χ0v) is 9.61. The Bertz CT molecular complexity index is 532. The van der Waals surface area contributed by atoms with Gasteiger partial charge in [0.25, 0.3) is 0 Å². The van der Waals surface area contributed by atoms with E-state index in [1.807, 2.05) is 30.3 Å². The summed E-state index contributed by atoms with van der Waals surface area (Å²) in [6, 6.07) is 8.52. The molecule has 0 amide bonds. The summed E-state index contributed by atoms with van der Waals surface area (Å²) >= 11 is 0. The molecule has 2 rings (SSSR count). The Morgan fingerprint density at radius 3 is 2.61 bits per heavy atom. The lowest BCUT2D eigenvalue weighted by Gasteiger charge is -2.14. The van der Waals surface area contributed by atoms with Gasteiger partial charge in [0.1, 0.15) is 0 Å². The lowest BCUT2D eigenvalue weighted by molar-refractivity contribution is -0.136. The Morgan fingerprint density at radius 2 is 1.89 bits per heavy atom. The maximum absolute atomic E-state index is 12.2. The van der Waals surface area contributed by atoms with Crippen molar-refractivity contribution in [3.63, 3.8) is 0 Å². The molecular weight excluding hydrogens is 241 g/mol. The zero-order chi connectivity index (χ0) is 13.2. The van der Waals surface area contributed by atoms with Crippen molar-refractivity contribution in [3.05, 3.63) is 42.2 Å². The van der Waals surface area contributed by atoms with E-state index in [1.54, 1.807) is 6.20 Å². The number of rotatable bonds is 3. The third kappa shape index (κ3) is 2.98. The molecule has 0 aliphatic carbocycles. The van der Waals surface area contributed by atoms with Crippen LogP contribution >= 0.6 is 0 Å². The topological polar surface area (TPSA) is 38.9 Å². The van der Waals surface area contributed by atoms with Crippen LogP contribution in [0, 0.1) is 0 Å². The predicted molar refractivity (Wildman–Crippen MR) is 64.0 cm³/mol. The fourth-order valence-corrected chi connectivity index (χ4v) is 1.89. The molecule has 18 heavy (non-hydrogen) atoms. The molecule has 0 fully saturated rings. The summed E-state index contributed by atoms with van der Waals surface area (Å²) < 4.78 is 36.5. The molecule has 5 heteroatoms. The summed E-state index contributed by atoms with van der Waals surface area (Å²) in [5, 5.41) is 1.75. The van der Waals surface area contributed by atoms with Crippen molar-refractivity contribution in [2.75, 3.05) is 0 Å². The Hall–Kier alpha value is -1.62. The standard InChI is InChI=1S/C13H13F3N2/c14-13(15,16)7-5-11(17)12-10-4-2-1-3-9(10)6-8-18-12/h1-4,6,8,11H,5,7,17H2. The molecule has 1 atom stereocenters. The van der Waals surface area contributed by atoms with E-state index < -0.39 is 18.6 Å². The molecule has 0 aliphatic rings.